The lowest BCUT2D eigenvalue weighted by Crippen LogP contribution is -2.38. The fourth-order valence-electron chi connectivity index (χ4n) is 2.87. The third-order valence-corrected chi connectivity index (χ3v) is 6.12. The molecule has 3 rings (SSSR count). The second kappa shape index (κ2) is 9.82. The van der Waals surface area contributed by atoms with E-state index in [9.17, 15) is 26.4 Å². The van der Waals surface area contributed by atoms with Crippen molar-refractivity contribution in [1.82, 2.24) is 0 Å². The Labute approximate surface area is 188 Å². The van der Waals surface area contributed by atoms with Crippen LogP contribution < -0.4 is 19.1 Å². The molecule has 0 unspecified atom stereocenters. The fraction of sp³-hybridized carbons (Fsp3) is 0.136. The highest BCUT2D eigenvalue weighted by molar-refractivity contribution is 7.92. The molecule has 0 aliphatic heterocycles. The van der Waals surface area contributed by atoms with Gasteiger partial charge in [0.15, 0.2) is 0 Å². The fourth-order valence-corrected chi connectivity index (χ4v) is 4.31. The number of nitrogens with zero attached hydrogens (tertiary/aromatic N) is 1. The molecule has 0 saturated heterocycles. The first kappa shape index (κ1) is 23.9. The summed E-state index contributed by atoms with van der Waals surface area (Å²) >= 11 is 0. The van der Waals surface area contributed by atoms with E-state index in [-0.39, 0.29) is 16.3 Å². The zero-order chi connectivity index (χ0) is 24.1. The lowest BCUT2D eigenvalue weighted by molar-refractivity contribution is -0.274. The summed E-state index contributed by atoms with van der Waals surface area (Å²) in [4.78, 5) is 12.7. The minimum Gasteiger partial charge on any atom is -0.497 e. The first-order chi connectivity index (χ1) is 15.6. The Morgan fingerprint density at radius 2 is 1.61 bits per heavy atom. The van der Waals surface area contributed by atoms with Crippen LogP contribution in [-0.2, 0) is 14.8 Å². The van der Waals surface area contributed by atoms with Crippen LogP contribution in [0, 0.1) is 0 Å². The number of carbonyl (C=O) groups is 1. The van der Waals surface area contributed by atoms with Gasteiger partial charge in [-0.15, -0.1) is 13.2 Å². The molecule has 33 heavy (non-hydrogen) atoms. The van der Waals surface area contributed by atoms with Crippen LogP contribution in [0.25, 0.3) is 0 Å². The number of carbonyl (C=O) groups excluding carboxylic acids is 1. The van der Waals surface area contributed by atoms with Gasteiger partial charge < -0.3 is 14.8 Å². The van der Waals surface area contributed by atoms with Crippen LogP contribution in [0.3, 0.4) is 0 Å². The topological polar surface area (TPSA) is 84.9 Å². The molecule has 0 bridgehead atoms. The zero-order valence-electron chi connectivity index (χ0n) is 17.2. The van der Waals surface area contributed by atoms with Crippen molar-refractivity contribution < 1.29 is 35.9 Å². The third-order valence-electron chi connectivity index (χ3n) is 4.33. The molecule has 1 amide bonds. The minimum atomic E-state index is -4.84. The van der Waals surface area contributed by atoms with Crippen molar-refractivity contribution in [2.24, 2.45) is 0 Å². The van der Waals surface area contributed by atoms with Gasteiger partial charge in [0.2, 0.25) is 5.91 Å². The number of hydrogen-bond donors (Lipinski definition) is 1. The lowest BCUT2D eigenvalue weighted by atomic mass is 10.3. The average molecular weight is 480 g/mol. The molecule has 0 spiro atoms. The van der Waals surface area contributed by atoms with Gasteiger partial charge in [-0.3, -0.25) is 9.10 Å². The Kier molecular flexibility index (Phi) is 7.12. The highest BCUT2D eigenvalue weighted by Crippen LogP contribution is 2.27. The van der Waals surface area contributed by atoms with Crippen molar-refractivity contribution in [3.05, 3.63) is 78.9 Å². The molecule has 0 saturated carbocycles. The van der Waals surface area contributed by atoms with E-state index >= 15 is 0 Å². The quantitative estimate of drug-likeness (QED) is 0.516. The molecule has 0 aromatic heterocycles. The van der Waals surface area contributed by atoms with Gasteiger partial charge in [0.25, 0.3) is 10.0 Å². The number of amides is 1. The molecule has 174 valence electrons. The molecule has 0 aliphatic carbocycles. The maximum atomic E-state index is 13.3. The number of nitrogens with one attached hydrogen (secondary N) is 1. The second-order valence-corrected chi connectivity index (χ2v) is 8.51. The van der Waals surface area contributed by atoms with Crippen molar-refractivity contribution in [2.75, 3.05) is 23.3 Å². The number of ether oxygens (including phenoxy) is 2. The molecular formula is C22H19F3N2O5S. The van der Waals surface area contributed by atoms with Crippen LogP contribution in [0.15, 0.2) is 83.8 Å². The molecule has 0 atom stereocenters. The van der Waals surface area contributed by atoms with Gasteiger partial charge in [-0.1, -0.05) is 24.3 Å². The third kappa shape index (κ3) is 6.39. The van der Waals surface area contributed by atoms with E-state index in [0.717, 1.165) is 16.4 Å². The summed E-state index contributed by atoms with van der Waals surface area (Å²) in [5.41, 5.74) is 0.361. The largest absolute Gasteiger partial charge is 0.573 e. The van der Waals surface area contributed by atoms with Gasteiger partial charge in [-0.2, -0.15) is 0 Å². The molecule has 0 fully saturated rings. The van der Waals surface area contributed by atoms with Crippen LogP contribution in [0.1, 0.15) is 0 Å². The molecule has 0 heterocycles. The highest BCUT2D eigenvalue weighted by Gasteiger charge is 2.31. The summed E-state index contributed by atoms with van der Waals surface area (Å²) in [7, 11) is -2.70. The van der Waals surface area contributed by atoms with E-state index in [1.807, 2.05) is 0 Å². The van der Waals surface area contributed by atoms with Crippen LogP contribution >= 0.6 is 0 Å². The van der Waals surface area contributed by atoms with Crippen molar-refractivity contribution in [3.8, 4) is 11.5 Å². The van der Waals surface area contributed by atoms with Crippen LogP contribution in [0.2, 0.25) is 0 Å². The van der Waals surface area contributed by atoms with Gasteiger partial charge in [-0.05, 0) is 48.5 Å². The summed E-state index contributed by atoms with van der Waals surface area (Å²) in [6.45, 7) is -0.592. The number of halogens is 3. The van der Waals surface area contributed by atoms with Crippen molar-refractivity contribution in [1.29, 1.82) is 0 Å². The van der Waals surface area contributed by atoms with Gasteiger partial charge in [0.1, 0.15) is 18.0 Å². The van der Waals surface area contributed by atoms with Crippen molar-refractivity contribution in [3.63, 3.8) is 0 Å². The first-order valence-corrected chi connectivity index (χ1v) is 10.9. The predicted octanol–water partition coefficient (Wildman–Crippen LogP) is 4.43. The van der Waals surface area contributed by atoms with Crippen molar-refractivity contribution in [2.45, 2.75) is 11.3 Å². The van der Waals surface area contributed by atoms with E-state index in [1.54, 1.807) is 30.3 Å². The van der Waals surface area contributed by atoms with E-state index in [1.165, 1.54) is 43.5 Å². The Hall–Kier alpha value is -3.73. The SMILES string of the molecule is COc1cccc(N(CC(=O)Nc2ccc(OC(F)(F)F)cc2)S(=O)(=O)c2ccccc2)c1. The van der Waals surface area contributed by atoms with Gasteiger partial charge >= 0.3 is 6.36 Å². The molecule has 1 N–H and O–H groups in total. The highest BCUT2D eigenvalue weighted by atomic mass is 32.2. The number of rotatable bonds is 8. The van der Waals surface area contributed by atoms with Crippen LogP contribution in [0.5, 0.6) is 11.5 Å². The number of alkyl halides is 3. The number of methoxy groups -OCH3 is 1. The minimum absolute atomic E-state index is 0.0192. The molecule has 0 aliphatic rings. The summed E-state index contributed by atoms with van der Waals surface area (Å²) in [6.07, 6.45) is -4.84. The predicted molar refractivity (Wildman–Crippen MR) is 116 cm³/mol. The van der Waals surface area contributed by atoms with E-state index in [2.05, 4.69) is 10.1 Å². The van der Waals surface area contributed by atoms with E-state index < -0.39 is 34.6 Å². The Morgan fingerprint density at radius 3 is 2.21 bits per heavy atom. The standard InChI is InChI=1S/C22H19F3N2O5S/c1-31-19-7-5-6-17(14-19)27(33(29,30)20-8-3-2-4-9-20)15-21(28)26-16-10-12-18(13-11-16)32-22(23,24)25/h2-14H,15H2,1H3,(H,26,28). The van der Waals surface area contributed by atoms with E-state index in [4.69, 9.17) is 4.74 Å². The lowest BCUT2D eigenvalue weighted by Gasteiger charge is -2.24. The number of sulfonamides is 1. The smallest absolute Gasteiger partial charge is 0.497 e. The van der Waals surface area contributed by atoms with Crippen LogP contribution in [-0.4, -0.2) is 34.3 Å². The number of anilines is 2. The van der Waals surface area contributed by atoms with Crippen molar-refractivity contribution >= 4 is 27.3 Å². The van der Waals surface area contributed by atoms with Gasteiger partial charge in [-0.25, -0.2) is 8.42 Å². The van der Waals surface area contributed by atoms with Gasteiger partial charge in [0.05, 0.1) is 17.7 Å². The maximum absolute atomic E-state index is 13.3. The molecule has 11 heteroatoms. The summed E-state index contributed by atoms with van der Waals surface area (Å²) in [5.74, 6) is -0.770. The molecular weight excluding hydrogens is 461 g/mol. The normalized spacial score (nSPS) is 11.5. The molecule has 7 nitrogen and oxygen atoms in total. The zero-order valence-corrected chi connectivity index (χ0v) is 18.1. The Bertz CT molecular complexity index is 1200. The summed E-state index contributed by atoms with van der Waals surface area (Å²) < 4.78 is 73.3. The van der Waals surface area contributed by atoms with Crippen LogP contribution in [0.4, 0.5) is 24.5 Å². The Balaban J connectivity index is 1.85. The number of benzene rings is 3. The number of hydrogen-bond acceptors (Lipinski definition) is 5. The van der Waals surface area contributed by atoms with E-state index in [0.29, 0.717) is 5.75 Å². The first-order valence-electron chi connectivity index (χ1n) is 9.46. The average Bonchev–Trinajstić information content (AvgIpc) is 2.78. The summed E-state index contributed by atoms with van der Waals surface area (Å²) in [6, 6.07) is 18.3. The molecule has 0 radical (unpaired) electrons. The monoisotopic (exact) mass is 480 g/mol. The maximum Gasteiger partial charge on any atom is 0.573 e. The summed E-state index contributed by atoms with van der Waals surface area (Å²) in [5, 5.41) is 2.47. The second-order valence-electron chi connectivity index (χ2n) is 6.65. The molecule has 3 aromatic rings. The molecule has 3 aromatic carbocycles. The van der Waals surface area contributed by atoms with Gasteiger partial charge in [0, 0.05) is 11.8 Å². The Morgan fingerprint density at radius 1 is 0.939 bits per heavy atom.